The van der Waals surface area contributed by atoms with Crippen LogP contribution in [0.3, 0.4) is 0 Å². The molecule has 0 radical (unpaired) electrons. The minimum Gasteiger partial charge on any atom is -0.340 e. The topological polar surface area (TPSA) is 51.2 Å². The Hall–Kier alpha value is -2.21. The van der Waals surface area contributed by atoms with Crippen molar-refractivity contribution in [2.24, 2.45) is 7.05 Å². The Bertz CT molecular complexity index is 774. The van der Waals surface area contributed by atoms with E-state index in [9.17, 15) is 0 Å². The number of hydrogen-bond acceptors (Lipinski definition) is 4. The molecule has 0 N–H and O–H groups in total. The summed E-state index contributed by atoms with van der Waals surface area (Å²) >= 11 is 0. The van der Waals surface area contributed by atoms with Gasteiger partial charge in [0.05, 0.1) is 30.0 Å². The third-order valence-corrected chi connectivity index (χ3v) is 4.36. The van der Waals surface area contributed by atoms with Gasteiger partial charge in [-0.25, -0.2) is 14.5 Å². The smallest absolute Gasteiger partial charge is 0.155 e. The van der Waals surface area contributed by atoms with Crippen molar-refractivity contribution < 1.29 is 0 Å². The first kappa shape index (κ1) is 13.5. The van der Waals surface area contributed by atoms with Crippen LogP contribution >= 0.6 is 0 Å². The molecule has 0 saturated carbocycles. The van der Waals surface area contributed by atoms with Crippen molar-refractivity contribution >= 4 is 5.65 Å². The van der Waals surface area contributed by atoms with Crippen LogP contribution in [0.25, 0.3) is 5.65 Å². The molecule has 6 heteroatoms. The maximum Gasteiger partial charge on any atom is 0.155 e. The average Bonchev–Trinajstić information content (AvgIpc) is 3.16. The van der Waals surface area contributed by atoms with Crippen molar-refractivity contribution in [1.82, 2.24) is 29.0 Å². The number of fused-ring (bicyclic) bond motifs is 1. The lowest BCUT2D eigenvalue weighted by molar-refractivity contribution is 0.136. The third kappa shape index (κ3) is 2.50. The molecule has 1 aliphatic heterocycles. The molecule has 4 heterocycles. The quantitative estimate of drug-likeness (QED) is 0.743. The molecule has 0 spiro atoms. The van der Waals surface area contributed by atoms with E-state index in [1.54, 1.807) is 6.20 Å². The Labute approximate surface area is 129 Å². The van der Waals surface area contributed by atoms with Crippen LogP contribution in [0.1, 0.15) is 36.7 Å². The fourth-order valence-electron chi connectivity index (χ4n) is 3.28. The molecule has 4 rings (SSSR count). The van der Waals surface area contributed by atoms with Crippen molar-refractivity contribution in [1.29, 1.82) is 0 Å². The highest BCUT2D eigenvalue weighted by atomic mass is 15.2. The van der Waals surface area contributed by atoms with E-state index in [2.05, 4.69) is 27.2 Å². The third-order valence-electron chi connectivity index (χ3n) is 4.36. The van der Waals surface area contributed by atoms with Crippen LogP contribution in [0.2, 0.25) is 0 Å². The maximum absolute atomic E-state index is 4.79. The number of aromatic nitrogens is 5. The zero-order valence-electron chi connectivity index (χ0n) is 12.8. The van der Waals surface area contributed by atoms with E-state index in [1.807, 2.05) is 34.7 Å². The van der Waals surface area contributed by atoms with Gasteiger partial charge in [-0.2, -0.15) is 5.10 Å². The minimum absolute atomic E-state index is 0.371. The van der Waals surface area contributed by atoms with Gasteiger partial charge in [0.25, 0.3) is 0 Å². The Morgan fingerprint density at radius 1 is 1.27 bits per heavy atom. The van der Waals surface area contributed by atoms with Gasteiger partial charge in [-0.3, -0.25) is 4.90 Å². The monoisotopic (exact) mass is 296 g/mol. The lowest BCUT2D eigenvalue weighted by Gasteiger charge is -2.34. The number of aryl methyl sites for hydroxylation is 1. The molecule has 6 nitrogen and oxygen atoms in total. The standard InChI is InChI=1S/C16H20N6/c1-20-10-13(17-12-20)11-21-8-3-2-4-15(21)14-6-9-22-16(19-14)5-7-18-22/h5-7,9-10,12,15H,2-4,8,11H2,1H3/t15-/m0/s1. The fourth-order valence-corrected chi connectivity index (χ4v) is 3.28. The van der Waals surface area contributed by atoms with Gasteiger partial charge in [0.2, 0.25) is 0 Å². The molecule has 0 amide bonds. The molecule has 1 fully saturated rings. The summed E-state index contributed by atoms with van der Waals surface area (Å²) in [5.74, 6) is 0. The number of hydrogen-bond donors (Lipinski definition) is 0. The predicted molar refractivity (Wildman–Crippen MR) is 83.2 cm³/mol. The average molecular weight is 296 g/mol. The second-order valence-electron chi connectivity index (χ2n) is 6.00. The Balaban J connectivity index is 1.61. The molecule has 0 aromatic carbocycles. The first-order valence-electron chi connectivity index (χ1n) is 7.81. The van der Waals surface area contributed by atoms with Gasteiger partial charge in [-0.15, -0.1) is 0 Å². The molecule has 0 bridgehead atoms. The molecule has 1 aliphatic rings. The number of imidazole rings is 1. The van der Waals surface area contributed by atoms with E-state index in [0.717, 1.165) is 36.5 Å². The number of rotatable bonds is 3. The van der Waals surface area contributed by atoms with Crippen LogP contribution in [0, 0.1) is 0 Å². The lowest BCUT2D eigenvalue weighted by atomic mass is 9.99. The normalized spacial score (nSPS) is 19.8. The van der Waals surface area contributed by atoms with E-state index in [0.29, 0.717) is 6.04 Å². The van der Waals surface area contributed by atoms with Gasteiger partial charge in [-0.05, 0) is 25.5 Å². The van der Waals surface area contributed by atoms with Crippen molar-refractivity contribution in [3.05, 3.63) is 48.4 Å². The molecule has 3 aromatic heterocycles. The first-order chi connectivity index (χ1) is 10.8. The lowest BCUT2D eigenvalue weighted by Crippen LogP contribution is -2.33. The van der Waals surface area contributed by atoms with Gasteiger partial charge >= 0.3 is 0 Å². The van der Waals surface area contributed by atoms with Crippen LogP contribution < -0.4 is 0 Å². The largest absolute Gasteiger partial charge is 0.340 e. The van der Waals surface area contributed by atoms with Crippen LogP contribution in [0.5, 0.6) is 0 Å². The minimum atomic E-state index is 0.371. The maximum atomic E-state index is 4.79. The SMILES string of the molecule is Cn1cnc(CN2CCCC[C@H]2c2ccn3nccc3n2)c1. The van der Waals surface area contributed by atoms with E-state index in [1.165, 1.54) is 12.8 Å². The van der Waals surface area contributed by atoms with Gasteiger partial charge in [0.15, 0.2) is 5.65 Å². The summed E-state index contributed by atoms with van der Waals surface area (Å²) in [4.78, 5) is 11.8. The highest BCUT2D eigenvalue weighted by molar-refractivity contribution is 5.37. The molecule has 0 aliphatic carbocycles. The summed E-state index contributed by atoms with van der Waals surface area (Å²) in [6.45, 7) is 1.99. The van der Waals surface area contributed by atoms with Crippen molar-refractivity contribution in [3.8, 4) is 0 Å². The van der Waals surface area contributed by atoms with E-state index in [-0.39, 0.29) is 0 Å². The second kappa shape index (κ2) is 5.53. The zero-order chi connectivity index (χ0) is 14.9. The molecule has 22 heavy (non-hydrogen) atoms. The Kier molecular flexibility index (Phi) is 3.38. The zero-order valence-corrected chi connectivity index (χ0v) is 12.8. The summed E-state index contributed by atoms with van der Waals surface area (Å²) in [6.07, 6.45) is 11.4. The molecule has 1 atom stereocenters. The summed E-state index contributed by atoms with van der Waals surface area (Å²) in [6, 6.07) is 4.42. The van der Waals surface area contributed by atoms with Crippen LogP contribution in [-0.4, -0.2) is 35.6 Å². The summed E-state index contributed by atoms with van der Waals surface area (Å²) in [5, 5.41) is 4.22. The van der Waals surface area contributed by atoms with Gasteiger partial charge in [0, 0.05) is 32.1 Å². The predicted octanol–water partition coefficient (Wildman–Crippen LogP) is 2.19. The Morgan fingerprint density at radius 2 is 2.23 bits per heavy atom. The summed E-state index contributed by atoms with van der Waals surface area (Å²) in [5.41, 5.74) is 3.18. The fraction of sp³-hybridized carbons (Fsp3) is 0.438. The van der Waals surface area contributed by atoms with Crippen LogP contribution in [0.15, 0.2) is 37.1 Å². The highest BCUT2D eigenvalue weighted by Crippen LogP contribution is 2.31. The van der Waals surface area contributed by atoms with E-state index in [4.69, 9.17) is 4.98 Å². The molecule has 114 valence electrons. The second-order valence-corrected chi connectivity index (χ2v) is 6.00. The van der Waals surface area contributed by atoms with E-state index < -0.39 is 0 Å². The Morgan fingerprint density at radius 3 is 3.09 bits per heavy atom. The molecule has 0 unspecified atom stereocenters. The molecular weight excluding hydrogens is 276 g/mol. The van der Waals surface area contributed by atoms with Crippen LogP contribution in [0.4, 0.5) is 0 Å². The number of piperidine rings is 1. The first-order valence-corrected chi connectivity index (χ1v) is 7.81. The van der Waals surface area contributed by atoms with Crippen LogP contribution in [-0.2, 0) is 13.6 Å². The molecule has 1 saturated heterocycles. The van der Waals surface area contributed by atoms with Gasteiger partial charge in [-0.1, -0.05) is 6.42 Å². The molecule has 3 aromatic rings. The van der Waals surface area contributed by atoms with Crippen molar-refractivity contribution in [2.75, 3.05) is 6.54 Å². The molecular formula is C16H20N6. The summed E-state index contributed by atoms with van der Waals surface area (Å²) < 4.78 is 3.82. The van der Waals surface area contributed by atoms with Crippen molar-refractivity contribution in [3.63, 3.8) is 0 Å². The van der Waals surface area contributed by atoms with Gasteiger partial charge in [0.1, 0.15) is 0 Å². The highest BCUT2D eigenvalue weighted by Gasteiger charge is 2.25. The van der Waals surface area contributed by atoms with E-state index >= 15 is 0 Å². The van der Waals surface area contributed by atoms with Crippen molar-refractivity contribution in [2.45, 2.75) is 31.8 Å². The van der Waals surface area contributed by atoms with Gasteiger partial charge < -0.3 is 4.57 Å². The number of nitrogens with zero attached hydrogens (tertiary/aromatic N) is 6. The number of likely N-dealkylation sites (tertiary alicyclic amines) is 1. The summed E-state index contributed by atoms with van der Waals surface area (Å²) in [7, 11) is 2.01.